The highest BCUT2D eigenvalue weighted by atomic mass is 35.5. The number of nitrogens with zero attached hydrogens (tertiary/aromatic N) is 2. The summed E-state index contributed by atoms with van der Waals surface area (Å²) in [6.07, 6.45) is 0.571. The second-order valence-corrected chi connectivity index (χ2v) is 8.38. The molecule has 9 heteroatoms. The maximum Gasteiger partial charge on any atom is 0.263 e. The first-order chi connectivity index (χ1) is 11.7. The molecule has 136 valence electrons. The van der Waals surface area contributed by atoms with Crippen LogP contribution in [0.15, 0.2) is 28.5 Å². The molecule has 0 aliphatic rings. The number of aromatic nitrogens is 1. The highest BCUT2D eigenvalue weighted by Crippen LogP contribution is 2.26. The van der Waals surface area contributed by atoms with Gasteiger partial charge in [0.15, 0.2) is 5.13 Å². The molecular formula is C16H20ClN3O3S2. The number of anilines is 1. The Hall–Kier alpha value is -1.64. The van der Waals surface area contributed by atoms with Gasteiger partial charge in [-0.15, -0.1) is 11.3 Å². The maximum absolute atomic E-state index is 12.5. The average Bonchev–Trinajstić information content (AvgIpc) is 2.96. The summed E-state index contributed by atoms with van der Waals surface area (Å²) in [5.74, 6) is 0.00934. The van der Waals surface area contributed by atoms with E-state index >= 15 is 0 Å². The number of rotatable bonds is 7. The first-order valence-corrected chi connectivity index (χ1v) is 10.5. The first-order valence-electron chi connectivity index (χ1n) is 7.72. The summed E-state index contributed by atoms with van der Waals surface area (Å²) in [7, 11) is -3.75. The van der Waals surface area contributed by atoms with Crippen LogP contribution in [0.3, 0.4) is 0 Å². The molecule has 0 fully saturated rings. The van der Waals surface area contributed by atoms with Crippen molar-refractivity contribution in [1.29, 1.82) is 0 Å². The number of amides is 1. The maximum atomic E-state index is 12.5. The number of carbonyl (C=O) groups is 1. The van der Waals surface area contributed by atoms with E-state index in [1.54, 1.807) is 29.3 Å². The molecule has 1 aromatic carbocycles. The lowest BCUT2D eigenvalue weighted by Gasteiger charge is -2.17. The smallest absolute Gasteiger partial charge is 0.263 e. The molecule has 0 saturated heterocycles. The molecule has 0 bridgehead atoms. The standard InChI is InChI=1S/C16H20ClN3O3S2/c1-4-20(12(3)21)9-8-13-10-24-16(18-13)19-25(22,23)15-7-5-6-14(17)11(15)2/h5-7,10H,4,8-9H2,1-3H3,(H,18,19). The number of likely N-dealkylation sites (N-methyl/N-ethyl adjacent to an activating group) is 1. The van der Waals surface area contributed by atoms with Gasteiger partial charge in [-0.2, -0.15) is 0 Å². The van der Waals surface area contributed by atoms with Crippen molar-refractivity contribution in [2.45, 2.75) is 32.1 Å². The van der Waals surface area contributed by atoms with E-state index in [-0.39, 0.29) is 10.8 Å². The van der Waals surface area contributed by atoms with Crippen LogP contribution >= 0.6 is 22.9 Å². The third-order valence-corrected chi connectivity index (χ3v) is 6.57. The zero-order valence-electron chi connectivity index (χ0n) is 14.2. The Kier molecular flexibility index (Phi) is 6.42. The Morgan fingerprint density at radius 1 is 1.40 bits per heavy atom. The highest BCUT2D eigenvalue weighted by molar-refractivity contribution is 7.93. The number of nitrogens with one attached hydrogen (secondary N) is 1. The minimum absolute atomic E-state index is 0.00934. The third-order valence-electron chi connectivity index (χ3n) is 3.75. The lowest BCUT2D eigenvalue weighted by Crippen LogP contribution is -2.30. The number of halogens is 1. The fourth-order valence-corrected chi connectivity index (χ4v) is 4.80. The summed E-state index contributed by atoms with van der Waals surface area (Å²) in [6.45, 7) is 6.28. The van der Waals surface area contributed by atoms with E-state index in [9.17, 15) is 13.2 Å². The molecule has 1 N–H and O–H groups in total. The van der Waals surface area contributed by atoms with Crippen LogP contribution in [0.4, 0.5) is 5.13 Å². The molecule has 0 saturated carbocycles. The second kappa shape index (κ2) is 8.16. The van der Waals surface area contributed by atoms with Crippen LogP contribution < -0.4 is 4.72 Å². The summed E-state index contributed by atoms with van der Waals surface area (Å²) < 4.78 is 27.5. The lowest BCUT2D eigenvalue weighted by molar-refractivity contribution is -0.128. The second-order valence-electron chi connectivity index (χ2n) is 5.46. The lowest BCUT2D eigenvalue weighted by atomic mass is 10.2. The minimum Gasteiger partial charge on any atom is -0.343 e. The van der Waals surface area contributed by atoms with E-state index in [1.807, 2.05) is 6.92 Å². The number of thiazole rings is 1. The van der Waals surface area contributed by atoms with Crippen LogP contribution in [-0.4, -0.2) is 37.3 Å². The minimum atomic E-state index is -3.75. The van der Waals surface area contributed by atoms with Crippen LogP contribution in [0.5, 0.6) is 0 Å². The van der Waals surface area contributed by atoms with Gasteiger partial charge in [-0.25, -0.2) is 13.4 Å². The van der Waals surface area contributed by atoms with E-state index in [0.717, 1.165) is 5.69 Å². The van der Waals surface area contributed by atoms with Gasteiger partial charge in [-0.1, -0.05) is 17.7 Å². The van der Waals surface area contributed by atoms with Crippen molar-refractivity contribution in [1.82, 2.24) is 9.88 Å². The van der Waals surface area contributed by atoms with Gasteiger partial charge in [0, 0.05) is 36.8 Å². The molecule has 0 aliphatic carbocycles. The highest BCUT2D eigenvalue weighted by Gasteiger charge is 2.20. The molecule has 1 aromatic heterocycles. The van der Waals surface area contributed by atoms with Gasteiger partial charge in [-0.05, 0) is 31.5 Å². The number of carbonyl (C=O) groups excluding carboxylic acids is 1. The summed E-state index contributed by atoms with van der Waals surface area (Å²) in [5.41, 5.74) is 1.23. The molecule has 0 spiro atoms. The van der Waals surface area contributed by atoms with Crippen LogP contribution in [0.1, 0.15) is 25.1 Å². The van der Waals surface area contributed by atoms with Crippen LogP contribution in [0.2, 0.25) is 5.02 Å². The fraction of sp³-hybridized carbons (Fsp3) is 0.375. The molecule has 0 unspecified atom stereocenters. The zero-order chi connectivity index (χ0) is 18.6. The van der Waals surface area contributed by atoms with Crippen LogP contribution in [0, 0.1) is 6.92 Å². The predicted octanol–water partition coefficient (Wildman–Crippen LogP) is 3.32. The van der Waals surface area contributed by atoms with Gasteiger partial charge < -0.3 is 4.90 Å². The number of sulfonamides is 1. The van der Waals surface area contributed by atoms with Gasteiger partial charge in [0.2, 0.25) is 5.91 Å². The molecule has 1 amide bonds. The predicted molar refractivity (Wildman–Crippen MR) is 101 cm³/mol. The van der Waals surface area contributed by atoms with Gasteiger partial charge in [0.05, 0.1) is 10.6 Å². The van der Waals surface area contributed by atoms with Gasteiger partial charge in [0.1, 0.15) is 0 Å². The van der Waals surface area contributed by atoms with E-state index in [4.69, 9.17) is 11.6 Å². The molecule has 2 rings (SSSR count). The normalized spacial score (nSPS) is 11.4. The molecule has 0 aliphatic heterocycles. The Bertz CT molecular complexity index is 865. The topological polar surface area (TPSA) is 79.4 Å². The monoisotopic (exact) mass is 401 g/mol. The van der Waals surface area contributed by atoms with Crippen LogP contribution in [-0.2, 0) is 21.2 Å². The quantitative estimate of drug-likeness (QED) is 0.771. The average molecular weight is 402 g/mol. The molecule has 0 atom stereocenters. The van der Waals surface area contributed by atoms with Crippen molar-refractivity contribution in [3.05, 3.63) is 39.9 Å². The number of hydrogen-bond acceptors (Lipinski definition) is 5. The van der Waals surface area contributed by atoms with Gasteiger partial charge >= 0.3 is 0 Å². The van der Waals surface area contributed by atoms with E-state index in [0.29, 0.717) is 35.2 Å². The SMILES string of the molecule is CCN(CCc1csc(NS(=O)(=O)c2cccc(Cl)c2C)n1)C(C)=O. The Morgan fingerprint density at radius 2 is 2.12 bits per heavy atom. The van der Waals surface area contributed by atoms with Crippen molar-refractivity contribution in [2.75, 3.05) is 17.8 Å². The van der Waals surface area contributed by atoms with E-state index in [1.165, 1.54) is 24.3 Å². The molecule has 25 heavy (non-hydrogen) atoms. The molecule has 6 nitrogen and oxygen atoms in total. The fourth-order valence-electron chi connectivity index (χ4n) is 2.31. The van der Waals surface area contributed by atoms with Crippen molar-refractivity contribution in [3.63, 3.8) is 0 Å². The number of benzene rings is 1. The summed E-state index contributed by atoms with van der Waals surface area (Å²) in [4.78, 5) is 17.5. The Labute approximate surface area is 156 Å². The van der Waals surface area contributed by atoms with E-state index in [2.05, 4.69) is 9.71 Å². The van der Waals surface area contributed by atoms with E-state index < -0.39 is 10.0 Å². The Balaban J connectivity index is 2.10. The van der Waals surface area contributed by atoms with Crippen molar-refractivity contribution in [2.24, 2.45) is 0 Å². The summed E-state index contributed by atoms with van der Waals surface area (Å²) in [6, 6.07) is 4.74. The molecular weight excluding hydrogens is 382 g/mol. The van der Waals surface area contributed by atoms with Crippen molar-refractivity contribution >= 4 is 44.0 Å². The van der Waals surface area contributed by atoms with Crippen molar-refractivity contribution < 1.29 is 13.2 Å². The summed E-state index contributed by atoms with van der Waals surface area (Å²) >= 11 is 7.21. The van der Waals surface area contributed by atoms with Crippen LogP contribution in [0.25, 0.3) is 0 Å². The van der Waals surface area contributed by atoms with Gasteiger partial charge in [0.25, 0.3) is 10.0 Å². The number of hydrogen-bond donors (Lipinski definition) is 1. The van der Waals surface area contributed by atoms with Crippen molar-refractivity contribution in [3.8, 4) is 0 Å². The van der Waals surface area contributed by atoms with Gasteiger partial charge in [-0.3, -0.25) is 9.52 Å². The largest absolute Gasteiger partial charge is 0.343 e. The zero-order valence-corrected chi connectivity index (χ0v) is 16.6. The molecule has 2 aromatic rings. The Morgan fingerprint density at radius 3 is 2.76 bits per heavy atom. The third kappa shape index (κ3) is 4.93. The first kappa shape index (κ1) is 19.7. The summed E-state index contributed by atoms with van der Waals surface area (Å²) in [5, 5.41) is 2.48. The molecule has 1 heterocycles. The molecule has 0 radical (unpaired) electrons.